The molecule has 0 fully saturated rings. The fourth-order valence-electron chi connectivity index (χ4n) is 3.37. The number of anilines is 1. The minimum Gasteiger partial charge on any atom is -0.325 e. The van der Waals surface area contributed by atoms with Gasteiger partial charge in [-0.3, -0.25) is 9.69 Å². The van der Waals surface area contributed by atoms with Crippen LogP contribution in [0.4, 0.5) is 10.1 Å². The van der Waals surface area contributed by atoms with Crippen LogP contribution in [0, 0.1) is 12.7 Å². The molecular weight excluding hydrogens is 367 g/mol. The molecule has 0 spiro atoms. The van der Waals surface area contributed by atoms with Crippen LogP contribution in [0.3, 0.4) is 0 Å². The number of fused-ring (bicyclic) bond motifs is 1. The summed E-state index contributed by atoms with van der Waals surface area (Å²) >= 11 is 3.51. The number of rotatable bonds is 4. The Morgan fingerprint density at radius 1 is 1.27 bits per heavy atom. The van der Waals surface area contributed by atoms with Gasteiger partial charge in [0.1, 0.15) is 5.82 Å². The summed E-state index contributed by atoms with van der Waals surface area (Å²) in [5, 5.41) is 7.03. The van der Waals surface area contributed by atoms with Crippen molar-refractivity contribution in [1.29, 1.82) is 0 Å². The van der Waals surface area contributed by atoms with Crippen LogP contribution < -0.4 is 5.32 Å². The Balaban J connectivity index is 1.53. The Labute approximate surface area is 160 Å². The first-order valence-corrected chi connectivity index (χ1v) is 10.3. The topological polar surface area (TPSA) is 32.3 Å². The quantitative estimate of drug-likeness (QED) is 0.696. The summed E-state index contributed by atoms with van der Waals surface area (Å²) in [6.07, 6.45) is 0.960. The summed E-state index contributed by atoms with van der Waals surface area (Å²) in [5.74, 6) is -0.423. The maximum absolute atomic E-state index is 13.7. The first kappa shape index (κ1) is 17.4. The second kappa shape index (κ2) is 7.31. The number of amides is 1. The smallest absolute Gasteiger partial charge is 0.238 e. The predicted octanol–water partition coefficient (Wildman–Crippen LogP) is 4.84. The molecule has 1 N–H and O–H groups in total. The van der Waals surface area contributed by atoms with Gasteiger partial charge in [-0.1, -0.05) is 12.1 Å². The average molecular weight is 387 g/mol. The fraction of sp³-hybridized carbons (Fsp3) is 0.250. The summed E-state index contributed by atoms with van der Waals surface area (Å²) < 4.78 is 13.7. The van der Waals surface area contributed by atoms with Crippen LogP contribution in [0.1, 0.15) is 26.9 Å². The summed E-state index contributed by atoms with van der Waals surface area (Å²) in [4.78, 5) is 17.4. The molecule has 3 aromatic rings. The third kappa shape index (κ3) is 3.45. The SMILES string of the molecule is Cc1ccc(NC(=O)CN2CCc3sccc3[C@H]2c2cccs2)cc1F. The summed E-state index contributed by atoms with van der Waals surface area (Å²) in [6, 6.07) is 11.3. The fourth-order valence-corrected chi connectivity index (χ4v) is 5.15. The number of nitrogens with one attached hydrogen (secondary N) is 1. The van der Waals surface area contributed by atoms with Gasteiger partial charge in [-0.15, -0.1) is 22.7 Å². The van der Waals surface area contributed by atoms with Gasteiger partial charge >= 0.3 is 0 Å². The molecule has 4 rings (SSSR count). The summed E-state index contributed by atoms with van der Waals surface area (Å²) in [5.41, 5.74) is 2.37. The molecule has 0 radical (unpaired) electrons. The molecule has 0 saturated carbocycles. The normalized spacial score (nSPS) is 17.1. The number of aryl methyl sites for hydroxylation is 1. The molecular formula is C20H19FN2OS2. The van der Waals surface area contributed by atoms with Crippen molar-refractivity contribution in [3.63, 3.8) is 0 Å². The lowest BCUT2D eigenvalue weighted by molar-refractivity contribution is -0.117. The van der Waals surface area contributed by atoms with E-state index in [-0.39, 0.29) is 24.3 Å². The largest absolute Gasteiger partial charge is 0.325 e. The third-order valence-corrected chi connectivity index (χ3v) is 6.60. The molecule has 3 nitrogen and oxygen atoms in total. The van der Waals surface area contributed by atoms with Crippen LogP contribution in [0.5, 0.6) is 0 Å². The highest BCUT2D eigenvalue weighted by molar-refractivity contribution is 7.10. The van der Waals surface area contributed by atoms with Gasteiger partial charge in [0.25, 0.3) is 0 Å². The van der Waals surface area contributed by atoms with E-state index in [0.29, 0.717) is 11.3 Å². The Kier molecular flexibility index (Phi) is 4.89. The molecule has 0 unspecified atom stereocenters. The number of carbonyl (C=O) groups is 1. The molecule has 134 valence electrons. The Bertz CT molecular complexity index is 920. The predicted molar refractivity (Wildman–Crippen MR) is 106 cm³/mol. The minimum atomic E-state index is -0.305. The van der Waals surface area contributed by atoms with Gasteiger partial charge in [-0.2, -0.15) is 0 Å². The van der Waals surface area contributed by atoms with Crippen molar-refractivity contribution in [1.82, 2.24) is 4.90 Å². The maximum atomic E-state index is 13.7. The van der Waals surface area contributed by atoms with Crippen molar-refractivity contribution in [3.8, 4) is 0 Å². The second-order valence-electron chi connectivity index (χ2n) is 6.45. The van der Waals surface area contributed by atoms with Gasteiger partial charge in [0.05, 0.1) is 12.6 Å². The number of nitrogens with zero attached hydrogens (tertiary/aromatic N) is 1. The van der Waals surface area contributed by atoms with Crippen molar-refractivity contribution >= 4 is 34.3 Å². The molecule has 1 aliphatic rings. The lowest BCUT2D eigenvalue weighted by Gasteiger charge is -2.34. The monoisotopic (exact) mass is 386 g/mol. The molecule has 1 aliphatic heterocycles. The number of carbonyl (C=O) groups excluding carboxylic acids is 1. The van der Waals surface area contributed by atoms with Crippen molar-refractivity contribution in [2.75, 3.05) is 18.4 Å². The molecule has 2 aromatic heterocycles. The zero-order valence-electron chi connectivity index (χ0n) is 14.4. The Hall–Kier alpha value is -2.02. The van der Waals surface area contributed by atoms with E-state index in [1.54, 1.807) is 41.7 Å². The first-order chi connectivity index (χ1) is 12.6. The molecule has 1 amide bonds. The van der Waals surface area contributed by atoms with Crippen LogP contribution in [0.2, 0.25) is 0 Å². The van der Waals surface area contributed by atoms with E-state index < -0.39 is 0 Å². The highest BCUT2D eigenvalue weighted by Crippen LogP contribution is 2.39. The standard InChI is InChI=1S/C20H19FN2OS2/c1-13-4-5-14(11-16(13)21)22-19(24)12-23-8-6-17-15(7-10-26-17)20(23)18-3-2-9-25-18/h2-5,7,9-11,20H,6,8,12H2,1H3,(H,22,24)/t20-/m0/s1. The summed E-state index contributed by atoms with van der Waals surface area (Å²) in [6.45, 7) is 2.83. The van der Waals surface area contributed by atoms with Crippen LogP contribution in [-0.2, 0) is 11.2 Å². The van der Waals surface area contributed by atoms with Crippen LogP contribution in [0.15, 0.2) is 47.2 Å². The van der Waals surface area contributed by atoms with E-state index in [1.807, 2.05) is 6.07 Å². The molecule has 1 aromatic carbocycles. The van der Waals surface area contributed by atoms with Crippen LogP contribution in [-0.4, -0.2) is 23.9 Å². The number of hydrogen-bond acceptors (Lipinski definition) is 4. The van der Waals surface area contributed by atoms with E-state index in [2.05, 4.69) is 33.1 Å². The minimum absolute atomic E-state index is 0.116. The molecule has 6 heteroatoms. The third-order valence-electron chi connectivity index (χ3n) is 4.68. The second-order valence-corrected chi connectivity index (χ2v) is 8.43. The molecule has 3 heterocycles. The number of hydrogen-bond donors (Lipinski definition) is 1. The average Bonchev–Trinajstić information content (AvgIpc) is 3.29. The molecule has 0 saturated heterocycles. The maximum Gasteiger partial charge on any atom is 0.238 e. The molecule has 0 aliphatic carbocycles. The van der Waals surface area contributed by atoms with E-state index >= 15 is 0 Å². The zero-order chi connectivity index (χ0) is 18.1. The van der Waals surface area contributed by atoms with E-state index in [4.69, 9.17) is 0 Å². The van der Waals surface area contributed by atoms with Crippen LogP contribution >= 0.6 is 22.7 Å². The molecule has 0 bridgehead atoms. The first-order valence-electron chi connectivity index (χ1n) is 8.51. The van der Waals surface area contributed by atoms with Gasteiger partial charge in [0, 0.05) is 22.0 Å². The number of halogens is 1. The highest BCUT2D eigenvalue weighted by Gasteiger charge is 2.31. The van der Waals surface area contributed by atoms with Crippen molar-refractivity contribution in [2.45, 2.75) is 19.4 Å². The molecule has 1 atom stereocenters. The van der Waals surface area contributed by atoms with Gasteiger partial charge in [0.2, 0.25) is 5.91 Å². The number of benzene rings is 1. The Morgan fingerprint density at radius 2 is 2.15 bits per heavy atom. The van der Waals surface area contributed by atoms with E-state index in [1.165, 1.54) is 21.4 Å². The van der Waals surface area contributed by atoms with E-state index in [9.17, 15) is 9.18 Å². The van der Waals surface area contributed by atoms with E-state index in [0.717, 1.165) is 13.0 Å². The van der Waals surface area contributed by atoms with Gasteiger partial charge in [-0.25, -0.2) is 4.39 Å². The molecule has 26 heavy (non-hydrogen) atoms. The van der Waals surface area contributed by atoms with Gasteiger partial charge < -0.3 is 5.32 Å². The number of thiophene rings is 2. The van der Waals surface area contributed by atoms with Crippen molar-refractivity contribution in [3.05, 3.63) is 73.9 Å². The summed E-state index contributed by atoms with van der Waals surface area (Å²) in [7, 11) is 0. The lowest BCUT2D eigenvalue weighted by Crippen LogP contribution is -2.40. The zero-order valence-corrected chi connectivity index (χ0v) is 16.0. The van der Waals surface area contributed by atoms with Crippen LogP contribution in [0.25, 0.3) is 0 Å². The highest BCUT2D eigenvalue weighted by atomic mass is 32.1. The van der Waals surface area contributed by atoms with Gasteiger partial charge in [-0.05, 0) is 59.5 Å². The Morgan fingerprint density at radius 3 is 2.92 bits per heavy atom. The van der Waals surface area contributed by atoms with Crippen molar-refractivity contribution < 1.29 is 9.18 Å². The van der Waals surface area contributed by atoms with Crippen molar-refractivity contribution in [2.24, 2.45) is 0 Å². The van der Waals surface area contributed by atoms with Gasteiger partial charge in [0.15, 0.2) is 0 Å². The lowest BCUT2D eigenvalue weighted by atomic mass is 9.98.